The maximum Gasteiger partial charge on any atom is 0.177 e. The van der Waals surface area contributed by atoms with E-state index in [-0.39, 0.29) is 5.13 Å². The summed E-state index contributed by atoms with van der Waals surface area (Å²) in [4.78, 5) is 1.42. The molecule has 0 nitrogen and oxygen atoms in total. The van der Waals surface area contributed by atoms with E-state index in [0.29, 0.717) is 0 Å². The fraction of sp³-hybridized carbons (Fsp3) is 0.0769. The van der Waals surface area contributed by atoms with E-state index in [1.165, 1.54) is 48.0 Å². The van der Waals surface area contributed by atoms with Crippen LogP contribution in [-0.2, 0) is 12.8 Å². The Morgan fingerprint density at radius 1 is 0.586 bits per heavy atom. The number of benzene rings is 4. The summed E-state index contributed by atoms with van der Waals surface area (Å²) >= 11 is 3.14. The summed E-state index contributed by atoms with van der Waals surface area (Å²) in [5, 5.41) is 7.02. The highest BCUT2D eigenvalue weighted by atomic mass is 32.1. The monoisotopic (exact) mass is 412 g/mol. The molecule has 6 aromatic rings. The Balaban J connectivity index is 1.48. The molecule has 0 amide bonds. The van der Waals surface area contributed by atoms with Crippen LogP contribution in [0.3, 0.4) is 0 Å². The van der Waals surface area contributed by atoms with Gasteiger partial charge >= 0.3 is 0 Å². The van der Waals surface area contributed by atoms with Crippen LogP contribution in [0, 0.1) is 5.13 Å². The van der Waals surface area contributed by atoms with Gasteiger partial charge in [-0.25, -0.2) is 0 Å². The standard InChI is InChI=1S/C26H17FS2/c27-24-15-20-10-8-18-13-22-17(14-23(18)26(20)29-24)7-9-19-12-21(28-25(19)22)11-6-16-4-2-1-3-5-16/h1-5,7-10,12-15H,6,11H2. The van der Waals surface area contributed by atoms with E-state index in [0.717, 1.165) is 28.3 Å². The molecule has 3 heteroatoms. The van der Waals surface area contributed by atoms with Crippen molar-refractivity contribution in [1.29, 1.82) is 0 Å². The summed E-state index contributed by atoms with van der Waals surface area (Å²) in [6, 6.07) is 27.7. The molecule has 0 fully saturated rings. The van der Waals surface area contributed by atoms with Gasteiger partial charge in [0.15, 0.2) is 5.13 Å². The molecule has 0 unspecified atom stereocenters. The van der Waals surface area contributed by atoms with Gasteiger partial charge < -0.3 is 0 Å². The Hall–Kier alpha value is -2.75. The molecular formula is C26H17FS2. The van der Waals surface area contributed by atoms with E-state index < -0.39 is 0 Å². The van der Waals surface area contributed by atoms with Gasteiger partial charge in [-0.3, -0.25) is 0 Å². The Morgan fingerprint density at radius 2 is 1.21 bits per heavy atom. The van der Waals surface area contributed by atoms with Crippen LogP contribution in [0.25, 0.3) is 41.7 Å². The van der Waals surface area contributed by atoms with Gasteiger partial charge in [0.05, 0.1) is 0 Å². The zero-order valence-electron chi connectivity index (χ0n) is 15.6. The highest BCUT2D eigenvalue weighted by molar-refractivity contribution is 7.20. The molecule has 0 aliphatic rings. The molecule has 29 heavy (non-hydrogen) atoms. The third-order valence-corrected chi connectivity index (χ3v) is 7.86. The lowest BCUT2D eigenvalue weighted by molar-refractivity contribution is 0.658. The van der Waals surface area contributed by atoms with Gasteiger partial charge in [0.2, 0.25) is 0 Å². The van der Waals surface area contributed by atoms with Crippen LogP contribution in [-0.4, -0.2) is 0 Å². The van der Waals surface area contributed by atoms with Gasteiger partial charge in [-0.15, -0.1) is 22.7 Å². The van der Waals surface area contributed by atoms with Crippen molar-refractivity contribution in [1.82, 2.24) is 0 Å². The molecule has 0 N–H and O–H groups in total. The second kappa shape index (κ2) is 6.65. The minimum Gasteiger partial charge on any atom is -0.195 e. The Bertz CT molecular complexity index is 1510. The third kappa shape index (κ3) is 2.93. The quantitative estimate of drug-likeness (QED) is 0.256. The van der Waals surface area contributed by atoms with Gasteiger partial charge in [-0.2, -0.15) is 4.39 Å². The van der Waals surface area contributed by atoms with Crippen molar-refractivity contribution >= 4 is 64.4 Å². The minimum absolute atomic E-state index is 0.121. The lowest BCUT2D eigenvalue weighted by atomic mass is 10.0. The van der Waals surface area contributed by atoms with Gasteiger partial charge in [-0.1, -0.05) is 54.6 Å². The summed E-state index contributed by atoms with van der Waals surface area (Å²) in [6.07, 6.45) is 2.13. The molecule has 0 atom stereocenters. The second-order valence-electron chi connectivity index (χ2n) is 7.51. The SMILES string of the molecule is Fc1cc2ccc3cc4c(ccc5cc(CCc6ccccc6)sc54)cc3c2s1. The molecule has 2 aromatic heterocycles. The second-order valence-corrected chi connectivity index (χ2v) is 9.65. The lowest BCUT2D eigenvalue weighted by Gasteiger charge is -2.05. The van der Waals surface area contributed by atoms with Gasteiger partial charge in [0.25, 0.3) is 0 Å². The number of rotatable bonds is 3. The average Bonchev–Trinajstić information content (AvgIpc) is 3.34. The molecule has 0 spiro atoms. The normalized spacial score (nSPS) is 11.9. The van der Waals surface area contributed by atoms with Crippen molar-refractivity contribution in [3.8, 4) is 0 Å². The van der Waals surface area contributed by atoms with E-state index in [1.54, 1.807) is 6.07 Å². The summed E-state index contributed by atoms with van der Waals surface area (Å²) in [5.41, 5.74) is 1.38. The van der Waals surface area contributed by atoms with Crippen LogP contribution < -0.4 is 0 Å². The van der Waals surface area contributed by atoms with Gasteiger partial charge in [0, 0.05) is 25.0 Å². The highest BCUT2D eigenvalue weighted by Crippen LogP contribution is 2.38. The Morgan fingerprint density at radius 3 is 1.93 bits per heavy atom. The molecule has 0 saturated carbocycles. The van der Waals surface area contributed by atoms with Crippen molar-refractivity contribution in [3.05, 3.63) is 94.4 Å². The average molecular weight is 413 g/mol. The summed E-state index contributed by atoms with van der Waals surface area (Å²) in [5.74, 6) is 0. The van der Waals surface area contributed by atoms with Crippen molar-refractivity contribution in [2.45, 2.75) is 12.8 Å². The number of fused-ring (bicyclic) bond motifs is 6. The molecule has 140 valence electrons. The summed E-state index contributed by atoms with van der Waals surface area (Å²) < 4.78 is 16.2. The Kier molecular flexibility index (Phi) is 3.93. The molecular weight excluding hydrogens is 395 g/mol. The molecule has 6 rings (SSSR count). The van der Waals surface area contributed by atoms with E-state index >= 15 is 0 Å². The highest BCUT2D eigenvalue weighted by Gasteiger charge is 2.11. The molecule has 2 heterocycles. The van der Waals surface area contributed by atoms with Crippen LogP contribution in [0.2, 0.25) is 0 Å². The lowest BCUT2D eigenvalue weighted by Crippen LogP contribution is -1.87. The van der Waals surface area contributed by atoms with Gasteiger partial charge in [0.1, 0.15) is 0 Å². The Labute approximate surface area is 175 Å². The van der Waals surface area contributed by atoms with Crippen molar-refractivity contribution in [3.63, 3.8) is 0 Å². The van der Waals surface area contributed by atoms with Crippen molar-refractivity contribution in [2.75, 3.05) is 0 Å². The molecule has 0 aliphatic heterocycles. The first kappa shape index (κ1) is 17.1. The van der Waals surface area contributed by atoms with E-state index in [1.807, 2.05) is 17.4 Å². The fourth-order valence-electron chi connectivity index (χ4n) is 4.20. The van der Waals surface area contributed by atoms with Crippen LogP contribution >= 0.6 is 22.7 Å². The first-order valence-corrected chi connectivity index (χ1v) is 11.4. The van der Waals surface area contributed by atoms with Gasteiger partial charge in [-0.05, 0) is 64.2 Å². The molecule has 4 aromatic carbocycles. The predicted molar refractivity (Wildman–Crippen MR) is 126 cm³/mol. The number of hydrogen-bond acceptors (Lipinski definition) is 2. The predicted octanol–water partition coefficient (Wildman–Crippen LogP) is 8.35. The molecule has 0 bridgehead atoms. The van der Waals surface area contributed by atoms with Crippen molar-refractivity contribution in [2.24, 2.45) is 0 Å². The summed E-state index contributed by atoms with van der Waals surface area (Å²) in [6.45, 7) is 0. The third-order valence-electron chi connectivity index (χ3n) is 5.64. The van der Waals surface area contributed by atoms with Crippen LogP contribution in [0.15, 0.2) is 78.9 Å². The van der Waals surface area contributed by atoms with Crippen LogP contribution in [0.1, 0.15) is 10.4 Å². The minimum atomic E-state index is -0.121. The maximum atomic E-state index is 13.8. The molecule has 0 aliphatic carbocycles. The smallest absolute Gasteiger partial charge is 0.177 e. The fourth-order valence-corrected chi connectivity index (χ4v) is 6.29. The first-order chi connectivity index (χ1) is 14.2. The van der Waals surface area contributed by atoms with Crippen LogP contribution in [0.4, 0.5) is 4.39 Å². The van der Waals surface area contributed by atoms with Crippen molar-refractivity contribution < 1.29 is 4.39 Å². The zero-order valence-corrected chi connectivity index (χ0v) is 17.2. The maximum absolute atomic E-state index is 13.8. The van der Waals surface area contributed by atoms with Crippen LogP contribution in [0.5, 0.6) is 0 Å². The number of thiophene rings is 2. The van der Waals surface area contributed by atoms with E-state index in [9.17, 15) is 4.39 Å². The van der Waals surface area contributed by atoms with E-state index in [4.69, 9.17) is 0 Å². The molecule has 0 saturated heterocycles. The number of hydrogen-bond donors (Lipinski definition) is 0. The largest absolute Gasteiger partial charge is 0.195 e. The number of aryl methyl sites for hydroxylation is 2. The topological polar surface area (TPSA) is 0 Å². The zero-order chi connectivity index (χ0) is 19.4. The van der Waals surface area contributed by atoms with E-state index in [2.05, 4.69) is 66.7 Å². The number of halogens is 1. The first-order valence-electron chi connectivity index (χ1n) is 9.75. The molecule has 0 radical (unpaired) electrons. The summed E-state index contributed by atoms with van der Waals surface area (Å²) in [7, 11) is 0.